The van der Waals surface area contributed by atoms with Gasteiger partial charge < -0.3 is 10.2 Å². The van der Waals surface area contributed by atoms with Crippen LogP contribution in [0.5, 0.6) is 0 Å². The van der Waals surface area contributed by atoms with Gasteiger partial charge in [0.05, 0.1) is 6.04 Å². The number of nitrogens with one attached hydrogen (secondary N) is 2. The third kappa shape index (κ3) is 4.39. The van der Waals surface area contributed by atoms with Gasteiger partial charge in [-0.15, -0.1) is 0 Å². The first-order chi connectivity index (χ1) is 13.2. The third-order valence-corrected chi connectivity index (χ3v) is 5.66. The number of nitrogens with zero attached hydrogens (tertiary/aromatic N) is 3. The normalized spacial score (nSPS) is 21.4. The zero-order valence-corrected chi connectivity index (χ0v) is 16.1. The molecule has 27 heavy (non-hydrogen) atoms. The van der Waals surface area contributed by atoms with E-state index < -0.39 is 0 Å². The van der Waals surface area contributed by atoms with Gasteiger partial charge in [0.1, 0.15) is 0 Å². The summed E-state index contributed by atoms with van der Waals surface area (Å²) in [6.45, 7) is 4.66. The van der Waals surface area contributed by atoms with Crippen molar-refractivity contribution in [1.82, 2.24) is 25.3 Å². The lowest BCUT2D eigenvalue weighted by molar-refractivity contribution is 0.0917. The molecule has 0 radical (unpaired) electrons. The summed E-state index contributed by atoms with van der Waals surface area (Å²) in [5.74, 6) is -0.0330. The molecule has 0 bridgehead atoms. The van der Waals surface area contributed by atoms with Gasteiger partial charge in [0.15, 0.2) is 5.69 Å². The van der Waals surface area contributed by atoms with Gasteiger partial charge in [0.25, 0.3) is 5.91 Å². The number of benzene rings is 1. The van der Waals surface area contributed by atoms with Gasteiger partial charge in [-0.3, -0.25) is 14.8 Å². The zero-order valence-electron chi connectivity index (χ0n) is 16.1. The number of carbonyl (C=O) groups is 1. The standard InChI is InChI=1S/C21H29N5O/c1-25-11-12-26(13-16-7-3-2-4-8-16)15-17(14-25)22-21(27)20-18-9-5-6-10-19(18)23-24-20/h2-4,7-8,17H,5-6,9-15H2,1H3,(H,22,27)(H,23,24). The molecule has 144 valence electrons. The van der Waals surface area contributed by atoms with Crippen LogP contribution in [0.1, 0.15) is 40.2 Å². The van der Waals surface area contributed by atoms with E-state index in [1.165, 1.54) is 12.0 Å². The number of carbonyl (C=O) groups excluding carboxylic acids is 1. The second-order valence-electron chi connectivity index (χ2n) is 7.89. The first kappa shape index (κ1) is 18.2. The van der Waals surface area contributed by atoms with Gasteiger partial charge >= 0.3 is 0 Å². The Morgan fingerprint density at radius 3 is 2.85 bits per heavy atom. The molecule has 1 atom stereocenters. The molecular weight excluding hydrogens is 338 g/mol. The molecule has 1 aromatic carbocycles. The maximum absolute atomic E-state index is 12.9. The molecule has 1 aromatic heterocycles. The van der Waals surface area contributed by atoms with E-state index in [1.54, 1.807) is 0 Å². The molecule has 2 aromatic rings. The van der Waals surface area contributed by atoms with Crippen molar-refractivity contribution in [1.29, 1.82) is 0 Å². The van der Waals surface area contributed by atoms with E-state index in [-0.39, 0.29) is 11.9 Å². The number of rotatable bonds is 4. The zero-order chi connectivity index (χ0) is 18.6. The second kappa shape index (κ2) is 8.23. The Balaban J connectivity index is 1.43. The summed E-state index contributed by atoms with van der Waals surface area (Å²) in [6.07, 6.45) is 4.29. The summed E-state index contributed by atoms with van der Waals surface area (Å²) in [7, 11) is 2.13. The fourth-order valence-corrected chi connectivity index (χ4v) is 4.24. The van der Waals surface area contributed by atoms with Crippen molar-refractivity contribution >= 4 is 5.91 Å². The summed E-state index contributed by atoms with van der Waals surface area (Å²) in [4.78, 5) is 17.6. The monoisotopic (exact) mass is 367 g/mol. The van der Waals surface area contributed by atoms with E-state index in [0.717, 1.165) is 63.2 Å². The minimum atomic E-state index is -0.0330. The van der Waals surface area contributed by atoms with Crippen LogP contribution in [0.25, 0.3) is 0 Å². The predicted octanol–water partition coefficient (Wildman–Crippen LogP) is 1.83. The molecule has 4 rings (SSSR count). The lowest BCUT2D eigenvalue weighted by atomic mass is 9.95. The SMILES string of the molecule is CN1CCN(Cc2ccccc2)CC(NC(=O)c2n[nH]c3c2CCCC3)C1. The number of amides is 1. The van der Waals surface area contributed by atoms with Crippen LogP contribution >= 0.6 is 0 Å². The smallest absolute Gasteiger partial charge is 0.272 e. The fraction of sp³-hybridized carbons (Fsp3) is 0.524. The summed E-state index contributed by atoms with van der Waals surface area (Å²) in [6, 6.07) is 10.6. The van der Waals surface area contributed by atoms with Crippen LogP contribution in [0.3, 0.4) is 0 Å². The Kier molecular flexibility index (Phi) is 5.55. The molecule has 1 amide bonds. The van der Waals surface area contributed by atoms with E-state index in [2.05, 4.69) is 56.6 Å². The minimum Gasteiger partial charge on any atom is -0.345 e. The van der Waals surface area contributed by atoms with Crippen LogP contribution < -0.4 is 5.32 Å². The maximum atomic E-state index is 12.9. The molecule has 0 saturated carbocycles. The van der Waals surface area contributed by atoms with Gasteiger partial charge in [0.2, 0.25) is 0 Å². The number of fused-ring (bicyclic) bond motifs is 1. The molecule has 0 spiro atoms. The van der Waals surface area contributed by atoms with Gasteiger partial charge in [-0.25, -0.2) is 0 Å². The van der Waals surface area contributed by atoms with Crippen LogP contribution in [0.4, 0.5) is 0 Å². The Bertz CT molecular complexity index is 772. The molecule has 1 aliphatic heterocycles. The molecule has 6 heteroatoms. The maximum Gasteiger partial charge on any atom is 0.272 e. The molecule has 1 aliphatic carbocycles. The second-order valence-corrected chi connectivity index (χ2v) is 7.89. The van der Waals surface area contributed by atoms with E-state index in [4.69, 9.17) is 0 Å². The first-order valence-corrected chi connectivity index (χ1v) is 10.0. The average Bonchev–Trinajstić information content (AvgIpc) is 3.03. The number of hydrogen-bond donors (Lipinski definition) is 2. The van der Waals surface area contributed by atoms with Gasteiger partial charge in [-0.05, 0) is 38.3 Å². The highest BCUT2D eigenvalue weighted by molar-refractivity contribution is 5.94. The highest BCUT2D eigenvalue weighted by atomic mass is 16.2. The highest BCUT2D eigenvalue weighted by Crippen LogP contribution is 2.22. The molecule has 6 nitrogen and oxygen atoms in total. The van der Waals surface area contributed by atoms with E-state index in [9.17, 15) is 4.79 Å². The summed E-state index contributed by atoms with van der Waals surface area (Å²) in [5.41, 5.74) is 4.19. The fourth-order valence-electron chi connectivity index (χ4n) is 4.24. The molecule has 1 fully saturated rings. The summed E-state index contributed by atoms with van der Waals surface area (Å²) >= 11 is 0. The highest BCUT2D eigenvalue weighted by Gasteiger charge is 2.26. The Hall–Kier alpha value is -2.18. The average molecular weight is 367 g/mol. The van der Waals surface area contributed by atoms with Crippen molar-refractivity contribution in [2.24, 2.45) is 0 Å². The lowest BCUT2D eigenvalue weighted by Crippen LogP contribution is -2.46. The minimum absolute atomic E-state index is 0.0330. The van der Waals surface area contributed by atoms with Crippen LogP contribution in [-0.2, 0) is 19.4 Å². The molecule has 2 N–H and O–H groups in total. The van der Waals surface area contributed by atoms with Crippen molar-refractivity contribution in [2.45, 2.75) is 38.3 Å². The lowest BCUT2D eigenvalue weighted by Gasteiger charge is -2.25. The van der Waals surface area contributed by atoms with Crippen LogP contribution in [0, 0.1) is 0 Å². The number of H-pyrrole nitrogens is 1. The van der Waals surface area contributed by atoms with E-state index >= 15 is 0 Å². The first-order valence-electron chi connectivity index (χ1n) is 10.0. The molecule has 2 aliphatic rings. The third-order valence-electron chi connectivity index (χ3n) is 5.66. The quantitative estimate of drug-likeness (QED) is 0.865. The van der Waals surface area contributed by atoms with Crippen LogP contribution in [0.15, 0.2) is 30.3 Å². The summed E-state index contributed by atoms with van der Waals surface area (Å²) in [5, 5.41) is 10.7. The number of hydrogen-bond acceptors (Lipinski definition) is 4. The predicted molar refractivity (Wildman–Crippen MR) is 106 cm³/mol. The number of likely N-dealkylation sites (N-methyl/N-ethyl adjacent to an activating group) is 1. The van der Waals surface area contributed by atoms with Crippen LogP contribution in [-0.4, -0.2) is 65.2 Å². The van der Waals surface area contributed by atoms with Crippen molar-refractivity contribution < 1.29 is 4.79 Å². The largest absolute Gasteiger partial charge is 0.345 e. The van der Waals surface area contributed by atoms with Crippen molar-refractivity contribution in [3.63, 3.8) is 0 Å². The Morgan fingerprint density at radius 2 is 2.00 bits per heavy atom. The molecule has 2 heterocycles. The molecular formula is C21H29N5O. The number of aromatic amines is 1. The van der Waals surface area contributed by atoms with Crippen molar-refractivity contribution in [3.05, 3.63) is 52.8 Å². The topological polar surface area (TPSA) is 64.3 Å². The van der Waals surface area contributed by atoms with E-state index in [1.807, 2.05) is 6.07 Å². The van der Waals surface area contributed by atoms with E-state index in [0.29, 0.717) is 5.69 Å². The number of aryl methyl sites for hydroxylation is 1. The van der Waals surface area contributed by atoms with Crippen LogP contribution in [0.2, 0.25) is 0 Å². The van der Waals surface area contributed by atoms with Gasteiger partial charge in [0, 0.05) is 44.0 Å². The summed E-state index contributed by atoms with van der Waals surface area (Å²) < 4.78 is 0. The Labute approximate surface area is 160 Å². The Morgan fingerprint density at radius 1 is 1.19 bits per heavy atom. The van der Waals surface area contributed by atoms with Crippen molar-refractivity contribution in [3.8, 4) is 0 Å². The molecule has 1 saturated heterocycles. The van der Waals surface area contributed by atoms with Crippen molar-refractivity contribution in [2.75, 3.05) is 33.2 Å². The molecule has 1 unspecified atom stereocenters. The number of aromatic nitrogens is 2. The van der Waals surface area contributed by atoms with Gasteiger partial charge in [-0.2, -0.15) is 5.10 Å². The van der Waals surface area contributed by atoms with Gasteiger partial charge in [-0.1, -0.05) is 30.3 Å².